The number of unbranched alkanes of at least 4 members (excludes halogenated alkanes) is 2. The third-order valence-electron chi connectivity index (χ3n) is 2.30. The Hall–Kier alpha value is -0.900. The highest BCUT2D eigenvalue weighted by Crippen LogP contribution is 2.07. The average Bonchev–Trinajstić information content (AvgIpc) is 2.66. The van der Waals surface area contributed by atoms with Crippen molar-refractivity contribution in [2.75, 3.05) is 12.0 Å². The maximum atomic E-state index is 10.8. The SMILES string of the molecule is CSCCCCCn1cccc1C(=O)O. The molecule has 0 amide bonds. The topological polar surface area (TPSA) is 42.2 Å². The molecule has 3 nitrogen and oxygen atoms in total. The Bertz CT molecular complexity index is 309. The minimum Gasteiger partial charge on any atom is -0.477 e. The maximum absolute atomic E-state index is 10.8. The van der Waals surface area contributed by atoms with Gasteiger partial charge in [0.25, 0.3) is 0 Å². The number of aromatic nitrogens is 1. The number of carboxylic acids is 1. The van der Waals surface area contributed by atoms with Crippen LogP contribution in [-0.4, -0.2) is 27.7 Å². The maximum Gasteiger partial charge on any atom is 0.352 e. The van der Waals surface area contributed by atoms with E-state index in [0.29, 0.717) is 5.69 Å². The highest BCUT2D eigenvalue weighted by Gasteiger charge is 2.07. The molecule has 0 bridgehead atoms. The van der Waals surface area contributed by atoms with E-state index >= 15 is 0 Å². The quantitative estimate of drug-likeness (QED) is 0.728. The molecule has 0 saturated carbocycles. The van der Waals surface area contributed by atoms with Crippen LogP contribution in [0.15, 0.2) is 18.3 Å². The molecule has 1 rings (SSSR count). The summed E-state index contributed by atoms with van der Waals surface area (Å²) in [5.74, 6) is 0.349. The Labute approximate surface area is 94.5 Å². The fourth-order valence-electron chi connectivity index (χ4n) is 1.51. The van der Waals surface area contributed by atoms with Gasteiger partial charge in [0.1, 0.15) is 5.69 Å². The largest absolute Gasteiger partial charge is 0.477 e. The number of hydrogen-bond acceptors (Lipinski definition) is 2. The van der Waals surface area contributed by atoms with Gasteiger partial charge in [-0.1, -0.05) is 6.42 Å². The normalized spacial score (nSPS) is 10.5. The molecule has 0 aliphatic carbocycles. The van der Waals surface area contributed by atoms with E-state index in [2.05, 4.69) is 6.26 Å². The zero-order valence-corrected chi connectivity index (χ0v) is 9.80. The van der Waals surface area contributed by atoms with Gasteiger partial charge in [-0.2, -0.15) is 11.8 Å². The summed E-state index contributed by atoms with van der Waals surface area (Å²) in [5.41, 5.74) is 0.389. The molecule has 0 fully saturated rings. The van der Waals surface area contributed by atoms with Gasteiger partial charge in [0.15, 0.2) is 0 Å². The van der Waals surface area contributed by atoms with E-state index < -0.39 is 5.97 Å². The molecule has 0 radical (unpaired) electrons. The van der Waals surface area contributed by atoms with Gasteiger partial charge in [0.2, 0.25) is 0 Å². The summed E-state index contributed by atoms with van der Waals surface area (Å²) in [5, 5.41) is 8.87. The van der Waals surface area contributed by atoms with Crippen molar-refractivity contribution >= 4 is 17.7 Å². The minimum atomic E-state index is -0.843. The van der Waals surface area contributed by atoms with Gasteiger partial charge < -0.3 is 9.67 Å². The van der Waals surface area contributed by atoms with Gasteiger partial charge in [0, 0.05) is 12.7 Å². The second-order valence-corrected chi connectivity index (χ2v) is 4.43. The molecule has 1 aromatic rings. The molecule has 0 aromatic carbocycles. The molecule has 0 atom stereocenters. The molecule has 1 aromatic heterocycles. The second kappa shape index (κ2) is 6.56. The summed E-state index contributed by atoms with van der Waals surface area (Å²) in [4.78, 5) is 10.8. The fourth-order valence-corrected chi connectivity index (χ4v) is 2.00. The molecule has 0 spiro atoms. The Morgan fingerprint density at radius 3 is 2.93 bits per heavy atom. The van der Waals surface area contributed by atoms with Crippen LogP contribution < -0.4 is 0 Å². The number of carboxylic acid groups (broad SMARTS) is 1. The monoisotopic (exact) mass is 227 g/mol. The lowest BCUT2D eigenvalue weighted by Crippen LogP contribution is -2.07. The molecule has 15 heavy (non-hydrogen) atoms. The summed E-state index contributed by atoms with van der Waals surface area (Å²) in [6.45, 7) is 0.809. The van der Waals surface area contributed by atoms with Crippen molar-refractivity contribution in [3.63, 3.8) is 0 Å². The zero-order chi connectivity index (χ0) is 11.1. The standard InChI is InChI=1S/C11H17NO2S/c1-15-9-4-2-3-7-12-8-5-6-10(12)11(13)14/h5-6,8H,2-4,7,9H2,1H3,(H,13,14). The summed E-state index contributed by atoms with van der Waals surface area (Å²) < 4.78 is 1.81. The summed E-state index contributed by atoms with van der Waals surface area (Å²) in [6.07, 6.45) is 7.37. The molecule has 0 saturated heterocycles. The summed E-state index contributed by atoms with van der Waals surface area (Å²) in [7, 11) is 0. The van der Waals surface area contributed by atoms with Crippen LogP contribution in [0, 0.1) is 0 Å². The van der Waals surface area contributed by atoms with Gasteiger partial charge in [-0.05, 0) is 37.0 Å². The van der Waals surface area contributed by atoms with Crippen LogP contribution in [-0.2, 0) is 6.54 Å². The molecule has 0 unspecified atom stereocenters. The molecule has 4 heteroatoms. The lowest BCUT2D eigenvalue weighted by molar-refractivity contribution is 0.0685. The molecular weight excluding hydrogens is 210 g/mol. The van der Waals surface area contributed by atoms with E-state index in [4.69, 9.17) is 5.11 Å². The zero-order valence-electron chi connectivity index (χ0n) is 8.98. The van der Waals surface area contributed by atoms with E-state index in [1.165, 1.54) is 12.2 Å². The van der Waals surface area contributed by atoms with Crippen molar-refractivity contribution in [1.82, 2.24) is 4.57 Å². The van der Waals surface area contributed by atoms with Crippen molar-refractivity contribution in [2.45, 2.75) is 25.8 Å². The molecule has 1 heterocycles. The predicted molar refractivity (Wildman–Crippen MR) is 63.6 cm³/mol. The van der Waals surface area contributed by atoms with Crippen LogP contribution in [0.5, 0.6) is 0 Å². The van der Waals surface area contributed by atoms with Crippen LogP contribution in [0.3, 0.4) is 0 Å². The van der Waals surface area contributed by atoms with E-state index in [1.54, 1.807) is 16.7 Å². The van der Waals surface area contributed by atoms with Crippen LogP contribution in [0.1, 0.15) is 29.8 Å². The second-order valence-electron chi connectivity index (χ2n) is 3.45. The molecule has 0 aliphatic rings. The molecule has 84 valence electrons. The first-order valence-corrected chi connectivity index (χ1v) is 6.52. The molecular formula is C11H17NO2S. The van der Waals surface area contributed by atoms with Gasteiger partial charge in [-0.15, -0.1) is 0 Å². The fraction of sp³-hybridized carbons (Fsp3) is 0.545. The van der Waals surface area contributed by atoms with Crippen molar-refractivity contribution in [1.29, 1.82) is 0 Å². The third-order valence-corrected chi connectivity index (χ3v) is 2.99. The molecule has 1 N–H and O–H groups in total. The van der Waals surface area contributed by atoms with E-state index in [9.17, 15) is 4.79 Å². The van der Waals surface area contributed by atoms with Gasteiger partial charge in [0.05, 0.1) is 0 Å². The van der Waals surface area contributed by atoms with Gasteiger partial charge in [-0.3, -0.25) is 0 Å². The summed E-state index contributed by atoms with van der Waals surface area (Å²) in [6, 6.07) is 3.43. The number of rotatable bonds is 7. The van der Waals surface area contributed by atoms with Crippen LogP contribution in [0.2, 0.25) is 0 Å². The highest BCUT2D eigenvalue weighted by molar-refractivity contribution is 7.98. The van der Waals surface area contributed by atoms with Gasteiger partial charge in [-0.25, -0.2) is 4.79 Å². The van der Waals surface area contributed by atoms with Crippen molar-refractivity contribution in [3.8, 4) is 0 Å². The number of nitrogens with zero attached hydrogens (tertiary/aromatic N) is 1. The smallest absolute Gasteiger partial charge is 0.352 e. The minimum absolute atomic E-state index is 0.389. The number of thioether (sulfide) groups is 1. The Kier molecular flexibility index (Phi) is 5.32. The van der Waals surface area contributed by atoms with Crippen LogP contribution in [0.4, 0.5) is 0 Å². The van der Waals surface area contributed by atoms with Crippen LogP contribution in [0.25, 0.3) is 0 Å². The Balaban J connectivity index is 2.31. The lowest BCUT2D eigenvalue weighted by Gasteiger charge is -2.05. The van der Waals surface area contributed by atoms with Crippen molar-refractivity contribution in [3.05, 3.63) is 24.0 Å². The lowest BCUT2D eigenvalue weighted by atomic mass is 10.2. The number of hydrogen-bond donors (Lipinski definition) is 1. The van der Waals surface area contributed by atoms with E-state index in [0.717, 1.165) is 19.4 Å². The first kappa shape index (κ1) is 12.2. The van der Waals surface area contributed by atoms with Crippen molar-refractivity contribution < 1.29 is 9.90 Å². The first-order chi connectivity index (χ1) is 7.25. The Morgan fingerprint density at radius 2 is 2.27 bits per heavy atom. The van der Waals surface area contributed by atoms with E-state index in [1.807, 2.05) is 18.0 Å². The Morgan fingerprint density at radius 1 is 1.47 bits per heavy atom. The number of carbonyl (C=O) groups is 1. The number of aryl methyl sites for hydroxylation is 1. The van der Waals surface area contributed by atoms with Gasteiger partial charge >= 0.3 is 5.97 Å². The average molecular weight is 227 g/mol. The van der Waals surface area contributed by atoms with Crippen LogP contribution >= 0.6 is 11.8 Å². The first-order valence-electron chi connectivity index (χ1n) is 5.13. The summed E-state index contributed by atoms with van der Waals surface area (Å²) >= 11 is 1.86. The third kappa shape index (κ3) is 4.00. The molecule has 0 aliphatic heterocycles. The van der Waals surface area contributed by atoms with Crippen molar-refractivity contribution in [2.24, 2.45) is 0 Å². The number of aromatic carboxylic acids is 1. The van der Waals surface area contributed by atoms with E-state index in [-0.39, 0.29) is 0 Å². The predicted octanol–water partition coefficient (Wildman–Crippen LogP) is 2.72. The highest BCUT2D eigenvalue weighted by atomic mass is 32.2.